The highest BCUT2D eigenvalue weighted by atomic mass is 16.4. The molecule has 0 unspecified atom stereocenters. The number of fused-ring (bicyclic) bond motifs is 4. The van der Waals surface area contributed by atoms with Crippen LogP contribution >= 0.6 is 0 Å². The highest BCUT2D eigenvalue weighted by Crippen LogP contribution is 2.64. The first-order chi connectivity index (χ1) is 22.1. The van der Waals surface area contributed by atoms with Crippen molar-refractivity contribution in [2.75, 3.05) is 12.0 Å². The van der Waals surface area contributed by atoms with E-state index in [2.05, 4.69) is 5.43 Å². The second-order valence-electron chi connectivity index (χ2n) is 12.7. The molecule has 10 heteroatoms. The summed E-state index contributed by atoms with van der Waals surface area (Å²) in [6.07, 6.45) is 2.00. The van der Waals surface area contributed by atoms with E-state index >= 15 is 0 Å². The normalized spacial score (nSPS) is 28.5. The molecule has 1 saturated carbocycles. The number of hydrogen-bond acceptors (Lipinski definition) is 7. The number of nitrogens with zero attached hydrogens (tertiary/aromatic N) is 2. The third kappa shape index (κ3) is 4.34. The molecule has 46 heavy (non-hydrogen) atoms. The molecule has 6 atom stereocenters. The third-order valence-corrected chi connectivity index (χ3v) is 10.3. The van der Waals surface area contributed by atoms with Gasteiger partial charge in [0.15, 0.2) is 0 Å². The van der Waals surface area contributed by atoms with Gasteiger partial charge < -0.3 is 10.2 Å². The highest BCUT2D eigenvalue weighted by Gasteiger charge is 2.70. The minimum atomic E-state index is -1.39. The molecule has 7 rings (SSSR count). The van der Waals surface area contributed by atoms with Gasteiger partial charge in [-0.05, 0) is 61.1 Å². The lowest BCUT2D eigenvalue weighted by atomic mass is 9.49. The largest absolute Gasteiger partial charge is 0.508 e. The van der Waals surface area contributed by atoms with Gasteiger partial charge in [-0.3, -0.25) is 34.3 Å². The maximum Gasteiger partial charge on any atom is 0.305 e. The molecule has 3 N–H and O–H groups in total. The summed E-state index contributed by atoms with van der Waals surface area (Å²) in [4.78, 5) is 69.3. The van der Waals surface area contributed by atoms with Crippen molar-refractivity contribution in [1.29, 1.82) is 0 Å². The van der Waals surface area contributed by atoms with E-state index in [9.17, 15) is 34.2 Å². The molecule has 2 heterocycles. The topological polar surface area (TPSA) is 144 Å². The first-order valence-corrected chi connectivity index (χ1v) is 15.5. The SMILES string of the molecule is Cc1ccc(NN2C(=O)[C@@H]3C[C@@H]4C(=CC[C@@H]5C(=O)N(CCC(=O)O)C(=O)[C@@H]54)[C@H](c4ccc(O)cc4)[C@]3(c3ccccc3)C2=O)cc1. The zero-order valence-corrected chi connectivity index (χ0v) is 25.1. The predicted octanol–water partition coefficient (Wildman–Crippen LogP) is 4.16. The van der Waals surface area contributed by atoms with Crippen molar-refractivity contribution >= 4 is 35.3 Å². The Morgan fingerprint density at radius 1 is 0.891 bits per heavy atom. The summed E-state index contributed by atoms with van der Waals surface area (Å²) in [5, 5.41) is 20.6. The fraction of sp³-hybridized carbons (Fsp3) is 0.306. The molecule has 3 fully saturated rings. The Morgan fingerprint density at radius 3 is 2.26 bits per heavy atom. The number of likely N-dealkylation sites (tertiary alicyclic amines) is 1. The molecule has 3 aromatic rings. The number of aromatic hydroxyl groups is 1. The van der Waals surface area contributed by atoms with Gasteiger partial charge in [-0.1, -0.05) is 71.8 Å². The Balaban J connectivity index is 1.40. The third-order valence-electron chi connectivity index (χ3n) is 10.3. The van der Waals surface area contributed by atoms with Crippen LogP contribution in [-0.4, -0.2) is 56.3 Å². The average Bonchev–Trinajstić information content (AvgIpc) is 3.42. The number of carboxylic acid groups (broad SMARTS) is 1. The number of rotatable bonds is 7. The van der Waals surface area contributed by atoms with Crippen LogP contribution in [0.1, 0.15) is 41.9 Å². The van der Waals surface area contributed by atoms with E-state index in [0.29, 0.717) is 16.8 Å². The number of carbonyl (C=O) groups excluding carboxylic acids is 4. The van der Waals surface area contributed by atoms with Gasteiger partial charge in [0, 0.05) is 12.5 Å². The monoisotopic (exact) mass is 619 g/mol. The van der Waals surface area contributed by atoms with Gasteiger partial charge in [-0.15, -0.1) is 0 Å². The Hall–Kier alpha value is -5.25. The van der Waals surface area contributed by atoms with Gasteiger partial charge >= 0.3 is 5.97 Å². The maximum absolute atomic E-state index is 15.0. The van der Waals surface area contributed by atoms with Crippen molar-refractivity contribution in [2.45, 2.75) is 37.5 Å². The quantitative estimate of drug-likeness (QED) is 0.264. The number of hydrogen-bond donors (Lipinski definition) is 3. The molecule has 2 saturated heterocycles. The predicted molar refractivity (Wildman–Crippen MR) is 166 cm³/mol. The Labute approximate surface area is 265 Å². The van der Waals surface area contributed by atoms with Crippen molar-refractivity contribution in [3.05, 3.63) is 107 Å². The Bertz CT molecular complexity index is 1790. The number of nitrogens with one attached hydrogen (secondary N) is 1. The fourth-order valence-electron chi connectivity index (χ4n) is 8.28. The number of anilines is 1. The summed E-state index contributed by atoms with van der Waals surface area (Å²) in [5.74, 6) is -6.34. The number of allylic oxidation sites excluding steroid dienone is 2. The smallest absolute Gasteiger partial charge is 0.305 e. The van der Waals surface area contributed by atoms with Crippen molar-refractivity contribution in [3.8, 4) is 5.75 Å². The van der Waals surface area contributed by atoms with Crippen LogP contribution < -0.4 is 5.43 Å². The zero-order valence-electron chi connectivity index (χ0n) is 25.1. The van der Waals surface area contributed by atoms with E-state index in [1.54, 1.807) is 36.4 Å². The lowest BCUT2D eigenvalue weighted by Gasteiger charge is -2.50. The van der Waals surface area contributed by atoms with E-state index in [1.165, 1.54) is 0 Å². The first-order valence-electron chi connectivity index (χ1n) is 15.5. The van der Waals surface area contributed by atoms with Crippen LogP contribution in [0.3, 0.4) is 0 Å². The number of hydrazine groups is 1. The van der Waals surface area contributed by atoms with Crippen molar-refractivity contribution in [3.63, 3.8) is 0 Å². The standard InChI is InChI=1S/C36H33N3O7/c1-20-7-11-23(12-8-20)37-39-33(44)28-19-27-25(15-16-26-30(27)34(45)38(32(26)43)18-17-29(41)42)31(21-9-13-24(40)14-10-21)36(28,35(39)46)22-5-3-2-4-6-22/h2-15,26-28,30-31,37,40H,16-19H2,1H3,(H,41,42)/t26-,27+,28-,30-,31-,36+/m0/s1. The maximum atomic E-state index is 15.0. The van der Waals surface area contributed by atoms with E-state index in [0.717, 1.165) is 21.0 Å². The number of amides is 4. The van der Waals surface area contributed by atoms with Crippen molar-refractivity contribution in [2.24, 2.45) is 23.7 Å². The molecular formula is C36H33N3O7. The molecular weight excluding hydrogens is 586 g/mol. The molecule has 4 aliphatic rings. The average molecular weight is 620 g/mol. The summed E-state index contributed by atoms with van der Waals surface area (Å²) in [5.41, 5.74) is 5.41. The van der Waals surface area contributed by atoms with Crippen LogP contribution in [-0.2, 0) is 29.4 Å². The number of carbonyl (C=O) groups is 5. The molecule has 0 radical (unpaired) electrons. The molecule has 2 aliphatic heterocycles. The van der Waals surface area contributed by atoms with Crippen LogP contribution in [0.15, 0.2) is 90.5 Å². The van der Waals surface area contributed by atoms with Gasteiger partial charge in [-0.25, -0.2) is 0 Å². The lowest BCUT2D eigenvalue weighted by molar-refractivity contribution is -0.143. The zero-order chi connectivity index (χ0) is 32.3. The summed E-state index contributed by atoms with van der Waals surface area (Å²) in [7, 11) is 0. The van der Waals surface area contributed by atoms with E-state index in [4.69, 9.17) is 0 Å². The van der Waals surface area contributed by atoms with Gasteiger partial charge in [0.1, 0.15) is 5.75 Å². The Morgan fingerprint density at radius 2 is 1.59 bits per heavy atom. The molecule has 2 aliphatic carbocycles. The molecule has 0 spiro atoms. The number of phenolic OH excluding ortho intramolecular Hbond substituents is 1. The number of benzene rings is 3. The molecule has 234 valence electrons. The molecule has 3 aromatic carbocycles. The first kappa shape index (κ1) is 29.5. The van der Waals surface area contributed by atoms with E-state index < -0.39 is 64.6 Å². The minimum absolute atomic E-state index is 0.0428. The van der Waals surface area contributed by atoms with Crippen LogP contribution in [0.5, 0.6) is 5.75 Å². The number of aryl methyl sites for hydroxylation is 1. The summed E-state index contributed by atoms with van der Waals surface area (Å²) in [6, 6.07) is 23.1. The molecule has 4 amide bonds. The second-order valence-corrected chi connectivity index (χ2v) is 12.7. The Kier molecular flexibility index (Phi) is 7.03. The fourth-order valence-corrected chi connectivity index (χ4v) is 8.28. The van der Waals surface area contributed by atoms with E-state index in [1.807, 2.05) is 55.5 Å². The summed E-state index contributed by atoms with van der Waals surface area (Å²) in [6.45, 7) is 1.73. The molecule has 0 aromatic heterocycles. The van der Waals surface area contributed by atoms with Crippen LogP contribution in [0.25, 0.3) is 0 Å². The van der Waals surface area contributed by atoms with Gasteiger partial charge in [0.05, 0.1) is 35.3 Å². The van der Waals surface area contributed by atoms with E-state index in [-0.39, 0.29) is 31.6 Å². The number of aliphatic carboxylic acids is 1. The summed E-state index contributed by atoms with van der Waals surface area (Å²) >= 11 is 0. The molecule has 10 nitrogen and oxygen atoms in total. The van der Waals surface area contributed by atoms with Crippen LogP contribution in [0.4, 0.5) is 5.69 Å². The highest BCUT2D eigenvalue weighted by molar-refractivity contribution is 6.13. The van der Waals surface area contributed by atoms with Gasteiger partial charge in [-0.2, -0.15) is 5.01 Å². The lowest BCUT2D eigenvalue weighted by Crippen LogP contribution is -2.53. The van der Waals surface area contributed by atoms with Crippen LogP contribution in [0, 0.1) is 30.6 Å². The molecule has 0 bridgehead atoms. The minimum Gasteiger partial charge on any atom is -0.508 e. The second kappa shape index (κ2) is 11.0. The van der Waals surface area contributed by atoms with Crippen molar-refractivity contribution in [1.82, 2.24) is 9.91 Å². The number of phenols is 1. The number of carboxylic acids is 1. The van der Waals surface area contributed by atoms with Gasteiger partial charge in [0.25, 0.3) is 11.8 Å². The van der Waals surface area contributed by atoms with Crippen LogP contribution in [0.2, 0.25) is 0 Å². The van der Waals surface area contributed by atoms with Crippen molar-refractivity contribution < 1.29 is 34.2 Å². The summed E-state index contributed by atoms with van der Waals surface area (Å²) < 4.78 is 0. The number of imide groups is 2. The van der Waals surface area contributed by atoms with Gasteiger partial charge in [0.2, 0.25) is 11.8 Å².